The lowest BCUT2D eigenvalue weighted by Gasteiger charge is -2.49. The predicted octanol–water partition coefficient (Wildman–Crippen LogP) is 3.47. The van der Waals surface area contributed by atoms with Crippen LogP contribution in [0.2, 0.25) is 5.02 Å². The Labute approximate surface area is 187 Å². The molecule has 2 aliphatic rings. The maximum absolute atomic E-state index is 13.7. The van der Waals surface area contributed by atoms with E-state index < -0.39 is 23.7 Å². The van der Waals surface area contributed by atoms with Gasteiger partial charge >= 0.3 is 12.1 Å². The predicted molar refractivity (Wildman–Crippen MR) is 107 cm³/mol. The molecule has 2 fully saturated rings. The number of alkyl halides is 3. The summed E-state index contributed by atoms with van der Waals surface area (Å²) in [6, 6.07) is 2.91. The van der Waals surface area contributed by atoms with Crippen LogP contribution in [0.1, 0.15) is 38.2 Å². The number of hydrogen-bond acceptors (Lipinski definition) is 5. The van der Waals surface area contributed by atoms with E-state index in [1.54, 1.807) is 6.07 Å². The second-order valence-electron chi connectivity index (χ2n) is 7.83. The van der Waals surface area contributed by atoms with Gasteiger partial charge in [-0.3, -0.25) is 9.69 Å². The fourth-order valence-electron chi connectivity index (χ4n) is 4.00. The van der Waals surface area contributed by atoms with Crippen LogP contribution in [0.25, 0.3) is 0 Å². The van der Waals surface area contributed by atoms with Crippen molar-refractivity contribution in [1.29, 1.82) is 0 Å². The molecule has 0 bridgehead atoms. The van der Waals surface area contributed by atoms with Crippen LogP contribution >= 0.6 is 11.6 Å². The van der Waals surface area contributed by atoms with Crippen LogP contribution in [0.15, 0.2) is 12.1 Å². The van der Waals surface area contributed by atoms with Crippen molar-refractivity contribution in [3.63, 3.8) is 0 Å². The Kier molecular flexibility index (Phi) is 8.72. The molecule has 1 amide bonds. The highest BCUT2D eigenvalue weighted by Gasteiger charge is 2.45. The van der Waals surface area contributed by atoms with E-state index in [1.165, 1.54) is 13.0 Å². The average Bonchev–Trinajstić information content (AvgIpc) is 2.68. The third-order valence-electron chi connectivity index (χ3n) is 5.37. The summed E-state index contributed by atoms with van der Waals surface area (Å²) in [5.74, 6) is -4.02. The van der Waals surface area contributed by atoms with Gasteiger partial charge < -0.3 is 20.3 Å². The average molecular weight is 485 g/mol. The second kappa shape index (κ2) is 10.7. The molecule has 1 aliphatic carbocycles. The number of ether oxygens (including phenoxy) is 1. The molecule has 32 heavy (non-hydrogen) atoms. The lowest BCUT2D eigenvalue weighted by molar-refractivity contribution is -0.192. The molecule has 1 aromatic carbocycles. The van der Waals surface area contributed by atoms with Gasteiger partial charge in [0.1, 0.15) is 5.60 Å². The summed E-state index contributed by atoms with van der Waals surface area (Å²) >= 11 is 5.88. The number of nitrogens with one attached hydrogen (secondary N) is 1. The maximum Gasteiger partial charge on any atom is 0.490 e. The van der Waals surface area contributed by atoms with Gasteiger partial charge in [0.2, 0.25) is 5.91 Å². The van der Waals surface area contributed by atoms with Gasteiger partial charge in [-0.25, -0.2) is 9.18 Å². The van der Waals surface area contributed by atoms with Crippen molar-refractivity contribution in [2.75, 3.05) is 19.7 Å². The van der Waals surface area contributed by atoms with Crippen LogP contribution in [-0.4, -0.2) is 64.5 Å². The number of phenolic OH excluding ortho intramolecular Hbond substituents is 1. The van der Waals surface area contributed by atoms with Crippen molar-refractivity contribution in [2.45, 2.75) is 57.0 Å². The van der Waals surface area contributed by atoms with E-state index in [4.69, 9.17) is 26.2 Å². The van der Waals surface area contributed by atoms with Crippen molar-refractivity contribution < 1.29 is 42.1 Å². The molecular formula is C20H25ClF4N2O5. The number of carboxylic acid groups (broad SMARTS) is 1. The van der Waals surface area contributed by atoms with Gasteiger partial charge in [0.25, 0.3) is 0 Å². The molecule has 2 unspecified atom stereocenters. The van der Waals surface area contributed by atoms with Gasteiger partial charge in [0, 0.05) is 26.6 Å². The fraction of sp³-hybridized carbons (Fsp3) is 0.600. The lowest BCUT2D eigenvalue weighted by Crippen LogP contribution is -2.63. The zero-order chi connectivity index (χ0) is 24.1. The number of carbonyl (C=O) groups is 2. The van der Waals surface area contributed by atoms with Gasteiger partial charge in [-0.2, -0.15) is 13.2 Å². The molecule has 7 nitrogen and oxygen atoms in total. The van der Waals surface area contributed by atoms with Crippen LogP contribution in [0.5, 0.6) is 5.75 Å². The largest absolute Gasteiger partial charge is 0.504 e. The van der Waals surface area contributed by atoms with E-state index in [-0.39, 0.29) is 22.6 Å². The van der Waals surface area contributed by atoms with Crippen LogP contribution in [0.4, 0.5) is 17.6 Å². The monoisotopic (exact) mass is 484 g/mol. The lowest BCUT2D eigenvalue weighted by atomic mass is 9.78. The molecule has 3 rings (SSSR count). The quantitative estimate of drug-likeness (QED) is 0.568. The molecule has 1 spiro atoms. The van der Waals surface area contributed by atoms with Crippen LogP contribution < -0.4 is 5.32 Å². The van der Waals surface area contributed by atoms with Crippen LogP contribution in [0.3, 0.4) is 0 Å². The first-order chi connectivity index (χ1) is 14.8. The first kappa shape index (κ1) is 26.1. The van der Waals surface area contributed by atoms with E-state index in [9.17, 15) is 27.5 Å². The van der Waals surface area contributed by atoms with Crippen LogP contribution in [-0.2, 0) is 20.9 Å². The summed E-state index contributed by atoms with van der Waals surface area (Å²) in [4.78, 5) is 22.7. The maximum atomic E-state index is 13.7. The number of rotatable bonds is 3. The molecule has 1 aromatic rings. The smallest absolute Gasteiger partial charge is 0.490 e. The van der Waals surface area contributed by atoms with Gasteiger partial charge in [-0.15, -0.1) is 0 Å². The minimum absolute atomic E-state index is 0.00157. The van der Waals surface area contributed by atoms with E-state index in [0.29, 0.717) is 25.3 Å². The van der Waals surface area contributed by atoms with E-state index in [1.807, 2.05) is 0 Å². The number of nitrogens with zero attached hydrogens (tertiary/aromatic N) is 1. The molecule has 1 aliphatic heterocycles. The molecule has 0 aromatic heterocycles. The Balaban J connectivity index is 0.000000451. The van der Waals surface area contributed by atoms with E-state index in [0.717, 1.165) is 32.2 Å². The third kappa shape index (κ3) is 6.94. The Morgan fingerprint density at radius 2 is 2.00 bits per heavy atom. The Morgan fingerprint density at radius 1 is 1.34 bits per heavy atom. The Morgan fingerprint density at radius 3 is 2.56 bits per heavy atom. The number of halogens is 5. The summed E-state index contributed by atoms with van der Waals surface area (Å²) in [5, 5.41) is 19.7. The zero-order valence-corrected chi connectivity index (χ0v) is 18.1. The number of morpholine rings is 1. The molecule has 0 radical (unpaired) electrons. The van der Waals surface area contributed by atoms with Gasteiger partial charge in [-0.1, -0.05) is 24.4 Å². The summed E-state index contributed by atoms with van der Waals surface area (Å²) in [7, 11) is 0. The minimum atomic E-state index is -5.08. The highest BCUT2D eigenvalue weighted by Crippen LogP contribution is 2.36. The number of amides is 1. The van der Waals surface area contributed by atoms with Crippen LogP contribution in [0, 0.1) is 5.82 Å². The summed E-state index contributed by atoms with van der Waals surface area (Å²) in [6.45, 7) is 4.04. The summed E-state index contributed by atoms with van der Waals surface area (Å²) < 4.78 is 51.6. The van der Waals surface area contributed by atoms with Crippen molar-refractivity contribution in [2.24, 2.45) is 0 Å². The SMILES string of the molecule is CC(=O)NC1CCCCC12CN(Cc1cc(F)c(O)c(Cl)c1)CCO2.O=C(O)C(F)(F)F. The highest BCUT2D eigenvalue weighted by atomic mass is 35.5. The van der Waals surface area contributed by atoms with Gasteiger partial charge in [-0.05, 0) is 30.5 Å². The zero-order valence-electron chi connectivity index (χ0n) is 17.3. The number of hydrogen-bond donors (Lipinski definition) is 3. The molecule has 1 saturated heterocycles. The van der Waals surface area contributed by atoms with Crippen molar-refractivity contribution in [3.8, 4) is 5.75 Å². The fourth-order valence-corrected chi connectivity index (χ4v) is 4.24. The second-order valence-corrected chi connectivity index (χ2v) is 8.24. The van der Waals surface area contributed by atoms with Crippen molar-refractivity contribution in [3.05, 3.63) is 28.5 Å². The molecule has 2 atom stereocenters. The standard InChI is InChI=1S/C18H24ClFN2O3.C2HF3O2/c1-12(23)21-16-4-2-3-5-18(16)11-22(6-7-25-18)10-13-8-14(19)17(24)15(20)9-13;3-2(4,5)1(6)7/h8-9,16,24H,2-7,10-11H2,1H3,(H,21,23);(H,6,7). The number of benzene rings is 1. The molecule has 1 heterocycles. The van der Waals surface area contributed by atoms with Crippen molar-refractivity contribution >= 4 is 23.5 Å². The number of carbonyl (C=O) groups excluding carboxylic acids is 1. The molecule has 12 heteroatoms. The first-order valence-electron chi connectivity index (χ1n) is 9.94. The summed E-state index contributed by atoms with van der Waals surface area (Å²) in [5.41, 5.74) is 0.325. The molecule has 3 N–H and O–H groups in total. The number of aromatic hydroxyl groups is 1. The first-order valence-corrected chi connectivity index (χ1v) is 10.3. The third-order valence-corrected chi connectivity index (χ3v) is 5.66. The number of phenols is 1. The topological polar surface area (TPSA) is 99.1 Å². The Bertz CT molecular complexity index is 812. The number of carboxylic acids is 1. The molecular weight excluding hydrogens is 460 g/mol. The van der Waals surface area contributed by atoms with E-state index >= 15 is 0 Å². The minimum Gasteiger partial charge on any atom is -0.504 e. The number of aliphatic carboxylic acids is 1. The summed E-state index contributed by atoms with van der Waals surface area (Å²) in [6.07, 6.45) is -1.12. The van der Waals surface area contributed by atoms with Crippen molar-refractivity contribution in [1.82, 2.24) is 10.2 Å². The molecule has 180 valence electrons. The van der Waals surface area contributed by atoms with Gasteiger partial charge in [0.05, 0.1) is 17.7 Å². The Hall–Kier alpha value is -2.11. The highest BCUT2D eigenvalue weighted by molar-refractivity contribution is 6.32. The van der Waals surface area contributed by atoms with Gasteiger partial charge in [0.15, 0.2) is 11.6 Å². The normalized spacial score (nSPS) is 23.9. The molecule has 1 saturated carbocycles. The van der Waals surface area contributed by atoms with E-state index in [2.05, 4.69) is 10.2 Å².